The number of carbonyl (C=O) groups excluding carboxylic acids is 2. The van der Waals surface area contributed by atoms with E-state index in [9.17, 15) is 19.5 Å². The fourth-order valence-corrected chi connectivity index (χ4v) is 3.54. The largest absolute Gasteiger partial charge is 0.480 e. The minimum absolute atomic E-state index is 0.0626. The molecule has 0 unspecified atom stereocenters. The van der Waals surface area contributed by atoms with Gasteiger partial charge in [-0.25, -0.2) is 9.59 Å². The summed E-state index contributed by atoms with van der Waals surface area (Å²) in [4.78, 5) is 35.4. The van der Waals surface area contributed by atoms with Gasteiger partial charge in [-0.05, 0) is 28.7 Å². The number of carboxylic acids is 1. The second kappa shape index (κ2) is 9.91. The van der Waals surface area contributed by atoms with Crippen LogP contribution in [0.3, 0.4) is 0 Å². The van der Waals surface area contributed by atoms with Crippen molar-refractivity contribution in [1.82, 2.24) is 5.32 Å². The van der Waals surface area contributed by atoms with Crippen molar-refractivity contribution in [1.29, 1.82) is 0 Å². The molecule has 1 atom stereocenters. The van der Waals surface area contributed by atoms with E-state index in [1.54, 1.807) is 0 Å². The fraction of sp³-hybridized carbons (Fsp3) is 0.348. The van der Waals surface area contributed by atoms with E-state index >= 15 is 0 Å². The maximum absolute atomic E-state index is 12.2. The van der Waals surface area contributed by atoms with Crippen molar-refractivity contribution in [3.05, 3.63) is 59.7 Å². The van der Waals surface area contributed by atoms with Crippen LogP contribution in [0.5, 0.6) is 0 Å². The van der Waals surface area contributed by atoms with Gasteiger partial charge in [-0.2, -0.15) is 0 Å². The lowest BCUT2D eigenvalue weighted by atomic mass is 9.98. The van der Waals surface area contributed by atoms with Gasteiger partial charge in [0.05, 0.1) is 13.0 Å². The van der Waals surface area contributed by atoms with Crippen molar-refractivity contribution in [3.8, 4) is 11.1 Å². The number of aliphatic carboxylic acids is 1. The zero-order chi connectivity index (χ0) is 21.5. The average Bonchev–Trinajstić information content (AvgIpc) is 3.06. The lowest BCUT2D eigenvalue weighted by Gasteiger charge is -2.17. The molecule has 2 aromatic carbocycles. The lowest BCUT2D eigenvalue weighted by Crippen LogP contribution is -2.43. The molecule has 0 saturated carbocycles. The molecular weight excluding hydrogens is 386 g/mol. The highest BCUT2D eigenvalue weighted by atomic mass is 16.6. The molecule has 1 aliphatic carbocycles. The van der Waals surface area contributed by atoms with Crippen molar-refractivity contribution in [2.24, 2.45) is 0 Å². The summed E-state index contributed by atoms with van der Waals surface area (Å²) in [7, 11) is 0. The van der Waals surface area contributed by atoms with Gasteiger partial charge in [0.15, 0.2) is 0 Å². The van der Waals surface area contributed by atoms with Crippen molar-refractivity contribution < 1.29 is 29.0 Å². The molecule has 1 aliphatic rings. The van der Waals surface area contributed by atoms with Crippen LogP contribution in [0.2, 0.25) is 0 Å². The number of alkyl carbamates (subject to hydrolysis) is 1. The van der Waals surface area contributed by atoms with Crippen LogP contribution in [0.15, 0.2) is 48.5 Å². The van der Waals surface area contributed by atoms with E-state index in [0.717, 1.165) is 28.7 Å². The predicted molar refractivity (Wildman–Crippen MR) is 110 cm³/mol. The molecule has 2 aromatic rings. The SMILES string of the molecule is CCCCOC(=O)C[C@H](NC(=O)OCC1c2ccccc2-c2ccccc21)C(=O)O. The van der Waals surface area contributed by atoms with Crippen LogP contribution in [0.1, 0.15) is 43.2 Å². The van der Waals surface area contributed by atoms with Crippen LogP contribution < -0.4 is 5.32 Å². The Labute approximate surface area is 175 Å². The number of hydrogen-bond donors (Lipinski definition) is 2. The smallest absolute Gasteiger partial charge is 0.407 e. The molecule has 30 heavy (non-hydrogen) atoms. The van der Waals surface area contributed by atoms with Gasteiger partial charge >= 0.3 is 18.0 Å². The first kappa shape index (κ1) is 21.4. The van der Waals surface area contributed by atoms with E-state index in [1.807, 2.05) is 55.5 Å². The Hall–Kier alpha value is -3.35. The van der Waals surface area contributed by atoms with Gasteiger partial charge in [-0.15, -0.1) is 0 Å². The van der Waals surface area contributed by atoms with Crippen LogP contribution in [0, 0.1) is 0 Å². The highest BCUT2D eigenvalue weighted by molar-refractivity contribution is 5.85. The monoisotopic (exact) mass is 411 g/mol. The summed E-state index contributed by atoms with van der Waals surface area (Å²) in [6, 6.07) is 14.4. The van der Waals surface area contributed by atoms with E-state index in [-0.39, 0.29) is 19.1 Å². The van der Waals surface area contributed by atoms with E-state index in [1.165, 1.54) is 0 Å². The molecule has 0 radical (unpaired) electrons. The predicted octanol–water partition coefficient (Wildman–Crippen LogP) is 3.71. The zero-order valence-corrected chi connectivity index (χ0v) is 16.8. The summed E-state index contributed by atoms with van der Waals surface area (Å²) >= 11 is 0. The van der Waals surface area contributed by atoms with Gasteiger partial charge in [0.2, 0.25) is 0 Å². The molecule has 1 amide bonds. The third-order valence-corrected chi connectivity index (χ3v) is 5.07. The van der Waals surface area contributed by atoms with Gasteiger partial charge in [-0.3, -0.25) is 4.79 Å². The van der Waals surface area contributed by atoms with Crippen LogP contribution in [0.4, 0.5) is 4.79 Å². The summed E-state index contributed by atoms with van der Waals surface area (Å²) in [5, 5.41) is 11.6. The number of carbonyl (C=O) groups is 3. The number of benzene rings is 2. The number of fused-ring (bicyclic) bond motifs is 3. The summed E-state index contributed by atoms with van der Waals surface area (Å²) < 4.78 is 10.3. The molecule has 0 fully saturated rings. The Morgan fingerprint density at radius 2 is 1.60 bits per heavy atom. The van der Waals surface area contributed by atoms with Crippen LogP contribution in [-0.2, 0) is 19.1 Å². The molecule has 2 N–H and O–H groups in total. The van der Waals surface area contributed by atoms with Crippen molar-refractivity contribution >= 4 is 18.0 Å². The van der Waals surface area contributed by atoms with Gasteiger partial charge in [0.1, 0.15) is 12.6 Å². The van der Waals surface area contributed by atoms with Crippen LogP contribution in [-0.4, -0.2) is 42.4 Å². The van der Waals surface area contributed by atoms with Gasteiger partial charge in [-0.1, -0.05) is 61.9 Å². The van der Waals surface area contributed by atoms with Crippen molar-refractivity contribution in [2.75, 3.05) is 13.2 Å². The lowest BCUT2D eigenvalue weighted by molar-refractivity contribution is -0.149. The Morgan fingerprint density at radius 1 is 1.00 bits per heavy atom. The maximum atomic E-state index is 12.2. The number of hydrogen-bond acceptors (Lipinski definition) is 5. The highest BCUT2D eigenvalue weighted by Gasteiger charge is 2.30. The first-order valence-corrected chi connectivity index (χ1v) is 10.0. The summed E-state index contributed by atoms with van der Waals surface area (Å²) in [6.07, 6.45) is 0.214. The van der Waals surface area contributed by atoms with Gasteiger partial charge in [0.25, 0.3) is 0 Å². The molecule has 158 valence electrons. The molecule has 0 bridgehead atoms. The highest BCUT2D eigenvalue weighted by Crippen LogP contribution is 2.44. The second-order valence-corrected chi connectivity index (χ2v) is 7.14. The molecule has 0 saturated heterocycles. The van der Waals surface area contributed by atoms with Gasteiger partial charge in [0, 0.05) is 5.92 Å². The topological polar surface area (TPSA) is 102 Å². The number of esters is 1. The minimum Gasteiger partial charge on any atom is -0.480 e. The number of unbranched alkanes of at least 4 members (excludes halogenated alkanes) is 1. The molecule has 0 aliphatic heterocycles. The number of carboxylic acid groups (broad SMARTS) is 1. The third-order valence-electron chi connectivity index (χ3n) is 5.07. The molecule has 0 spiro atoms. The van der Waals surface area contributed by atoms with Crippen molar-refractivity contribution in [2.45, 2.75) is 38.1 Å². The second-order valence-electron chi connectivity index (χ2n) is 7.14. The standard InChI is InChI=1S/C23H25NO6/c1-2-3-12-29-21(25)13-20(22(26)27)24-23(28)30-14-19-17-10-6-4-8-15(17)16-9-5-7-11-18(16)19/h4-11,19-20H,2-3,12-14H2,1H3,(H,24,28)(H,26,27)/t20-/m0/s1. The normalized spacial score (nSPS) is 13.1. The summed E-state index contributed by atoms with van der Waals surface area (Å²) in [6.45, 7) is 2.24. The van der Waals surface area contributed by atoms with E-state index in [2.05, 4.69) is 5.32 Å². The third kappa shape index (κ3) is 4.97. The Bertz CT molecular complexity index is 880. The van der Waals surface area contributed by atoms with E-state index < -0.39 is 30.5 Å². The molecular formula is C23H25NO6. The first-order chi connectivity index (χ1) is 14.5. The van der Waals surface area contributed by atoms with Crippen molar-refractivity contribution in [3.63, 3.8) is 0 Å². The average molecular weight is 411 g/mol. The molecule has 3 rings (SSSR count). The fourth-order valence-electron chi connectivity index (χ4n) is 3.54. The van der Waals surface area contributed by atoms with E-state index in [0.29, 0.717) is 6.42 Å². The maximum Gasteiger partial charge on any atom is 0.407 e. The Morgan fingerprint density at radius 3 is 2.17 bits per heavy atom. The molecule has 7 heteroatoms. The van der Waals surface area contributed by atoms with Gasteiger partial charge < -0.3 is 19.9 Å². The number of amides is 1. The quantitative estimate of drug-likeness (QED) is 0.482. The molecule has 0 heterocycles. The zero-order valence-electron chi connectivity index (χ0n) is 16.8. The number of nitrogens with one attached hydrogen (secondary N) is 1. The van der Waals surface area contributed by atoms with Crippen LogP contribution in [0.25, 0.3) is 11.1 Å². The summed E-state index contributed by atoms with van der Waals surface area (Å²) in [5.74, 6) is -2.13. The number of ether oxygens (including phenoxy) is 2. The van der Waals surface area contributed by atoms with E-state index in [4.69, 9.17) is 9.47 Å². The Kier molecular flexibility index (Phi) is 7.06. The molecule has 0 aromatic heterocycles. The minimum atomic E-state index is -1.41. The first-order valence-electron chi connectivity index (χ1n) is 10.0. The number of rotatable bonds is 9. The summed E-state index contributed by atoms with van der Waals surface area (Å²) in [5.41, 5.74) is 4.31. The van der Waals surface area contributed by atoms with Crippen LogP contribution >= 0.6 is 0 Å². The Balaban J connectivity index is 1.59. The molecule has 7 nitrogen and oxygen atoms in total.